The molecular weight excluding hydrogens is 319 g/mol. The van der Waals surface area contributed by atoms with Crippen molar-refractivity contribution in [1.29, 1.82) is 0 Å². The summed E-state index contributed by atoms with van der Waals surface area (Å²) >= 11 is 3.23. The highest BCUT2D eigenvalue weighted by Gasteiger charge is 2.14. The van der Waals surface area contributed by atoms with E-state index in [1.165, 1.54) is 6.07 Å². The zero-order valence-electron chi connectivity index (χ0n) is 6.93. The lowest BCUT2D eigenvalue weighted by molar-refractivity contribution is 0.156. The van der Waals surface area contributed by atoms with Crippen molar-refractivity contribution in [3.05, 3.63) is 26.6 Å². The maximum atomic E-state index is 12.4. The van der Waals surface area contributed by atoms with Crippen molar-refractivity contribution < 1.29 is 8.78 Å². The average Bonchev–Trinajstić information content (AvgIpc) is 2.57. The maximum absolute atomic E-state index is 12.4. The molecule has 2 rings (SSSR count). The van der Waals surface area contributed by atoms with Gasteiger partial charge in [0.2, 0.25) is 0 Å². The number of alkyl halides is 2. The van der Waals surface area contributed by atoms with Crippen LogP contribution in [0.3, 0.4) is 0 Å². The van der Waals surface area contributed by atoms with Gasteiger partial charge in [0.25, 0.3) is 6.43 Å². The number of hydrogen-bond donors (Lipinski definition) is 1. The second-order valence-electron chi connectivity index (χ2n) is 2.83. The van der Waals surface area contributed by atoms with E-state index >= 15 is 0 Å². The molecule has 2 N–H and O–H groups in total. The number of anilines is 1. The monoisotopic (exact) mass is 325 g/mol. The zero-order chi connectivity index (χ0) is 10.3. The first kappa shape index (κ1) is 10.1. The van der Waals surface area contributed by atoms with Gasteiger partial charge in [-0.15, -0.1) is 11.3 Å². The van der Waals surface area contributed by atoms with Crippen LogP contribution in [0.5, 0.6) is 0 Å². The van der Waals surface area contributed by atoms with Gasteiger partial charge in [0.1, 0.15) is 0 Å². The molecule has 0 fully saturated rings. The molecule has 0 saturated heterocycles. The van der Waals surface area contributed by atoms with Gasteiger partial charge in [0.15, 0.2) is 0 Å². The molecule has 1 aromatic carbocycles. The highest BCUT2D eigenvalue weighted by Crippen LogP contribution is 2.37. The molecule has 1 aromatic heterocycles. The van der Waals surface area contributed by atoms with Crippen molar-refractivity contribution in [3.63, 3.8) is 0 Å². The highest BCUT2D eigenvalue weighted by molar-refractivity contribution is 14.1. The SMILES string of the molecule is Nc1ccc(I)c2sc(C(F)F)cc12. The number of rotatable bonds is 1. The molecule has 0 aliphatic rings. The van der Waals surface area contributed by atoms with E-state index in [-0.39, 0.29) is 4.88 Å². The van der Waals surface area contributed by atoms with Crippen molar-refractivity contribution in [2.45, 2.75) is 6.43 Å². The Balaban J connectivity index is 2.75. The van der Waals surface area contributed by atoms with Gasteiger partial charge in [-0.3, -0.25) is 0 Å². The Hall–Kier alpha value is -0.430. The Labute approximate surface area is 97.1 Å². The molecule has 0 amide bonds. The third-order valence-corrected chi connectivity index (χ3v) is 4.34. The highest BCUT2D eigenvalue weighted by atomic mass is 127. The third-order valence-electron chi connectivity index (χ3n) is 1.90. The lowest BCUT2D eigenvalue weighted by Gasteiger charge is -1.96. The fraction of sp³-hybridized carbons (Fsp3) is 0.111. The molecule has 0 saturated carbocycles. The number of nitrogens with two attached hydrogens (primary N) is 1. The minimum Gasteiger partial charge on any atom is -0.398 e. The smallest absolute Gasteiger partial charge is 0.272 e. The standard InChI is InChI=1S/C9H6F2INS/c10-9(11)7-3-4-6(13)2-1-5(12)8(4)14-7/h1-3,9H,13H2. The second kappa shape index (κ2) is 3.62. The summed E-state index contributed by atoms with van der Waals surface area (Å²) in [4.78, 5) is 0.0795. The Morgan fingerprint density at radius 1 is 1.36 bits per heavy atom. The maximum Gasteiger partial charge on any atom is 0.272 e. The first-order chi connectivity index (χ1) is 6.59. The van der Waals surface area contributed by atoms with Gasteiger partial charge in [-0.25, -0.2) is 8.78 Å². The summed E-state index contributed by atoms with van der Waals surface area (Å²) in [5, 5.41) is 0.734. The van der Waals surface area contributed by atoms with Crippen LogP contribution < -0.4 is 5.73 Å². The molecule has 5 heteroatoms. The summed E-state index contributed by atoms with van der Waals surface area (Å²) < 4.78 is 26.7. The number of thiophene rings is 1. The number of hydrogen-bond acceptors (Lipinski definition) is 2. The van der Waals surface area contributed by atoms with Crippen LogP contribution in [0.25, 0.3) is 10.1 Å². The van der Waals surface area contributed by atoms with E-state index in [9.17, 15) is 8.78 Å². The molecule has 0 atom stereocenters. The third kappa shape index (κ3) is 1.58. The van der Waals surface area contributed by atoms with Crippen LogP contribution in [0.2, 0.25) is 0 Å². The summed E-state index contributed by atoms with van der Waals surface area (Å²) in [6.45, 7) is 0. The zero-order valence-corrected chi connectivity index (χ0v) is 9.90. The molecule has 2 aromatic rings. The van der Waals surface area contributed by atoms with Gasteiger partial charge in [0.05, 0.1) is 9.58 Å². The molecule has 0 bridgehead atoms. The van der Waals surface area contributed by atoms with Crippen molar-refractivity contribution in [2.75, 3.05) is 5.73 Å². The van der Waals surface area contributed by atoms with E-state index in [0.29, 0.717) is 5.69 Å². The van der Waals surface area contributed by atoms with Crippen molar-refractivity contribution in [1.82, 2.24) is 0 Å². The molecule has 1 heterocycles. The van der Waals surface area contributed by atoms with Crippen LogP contribution in [0.15, 0.2) is 18.2 Å². The minimum absolute atomic E-state index is 0.0795. The Bertz CT molecular complexity index is 442. The molecule has 0 radical (unpaired) electrons. The van der Waals surface area contributed by atoms with Gasteiger partial charge < -0.3 is 5.73 Å². The molecule has 74 valence electrons. The Kier molecular flexibility index (Phi) is 2.61. The first-order valence-electron chi connectivity index (χ1n) is 3.85. The van der Waals surface area contributed by atoms with Crippen LogP contribution in [-0.4, -0.2) is 0 Å². The molecule has 0 unspecified atom stereocenters. The van der Waals surface area contributed by atoms with Crippen LogP contribution in [0.1, 0.15) is 11.3 Å². The lowest BCUT2D eigenvalue weighted by Crippen LogP contribution is -1.84. The van der Waals surface area contributed by atoms with Gasteiger partial charge >= 0.3 is 0 Å². The minimum atomic E-state index is -2.41. The van der Waals surface area contributed by atoms with Crippen molar-refractivity contribution in [3.8, 4) is 0 Å². The summed E-state index contributed by atoms with van der Waals surface area (Å²) in [6.07, 6.45) is -2.41. The van der Waals surface area contributed by atoms with E-state index in [4.69, 9.17) is 5.73 Å². The van der Waals surface area contributed by atoms with E-state index in [2.05, 4.69) is 22.6 Å². The van der Waals surface area contributed by atoms with Gasteiger partial charge in [-0.2, -0.15) is 0 Å². The van der Waals surface area contributed by atoms with Crippen LogP contribution in [0, 0.1) is 3.57 Å². The van der Waals surface area contributed by atoms with Gasteiger partial charge in [0, 0.05) is 14.6 Å². The Morgan fingerprint density at radius 2 is 2.07 bits per heavy atom. The van der Waals surface area contributed by atoms with E-state index in [0.717, 1.165) is 25.0 Å². The predicted octanol–water partition coefficient (Wildman–Crippen LogP) is 4.03. The van der Waals surface area contributed by atoms with Gasteiger partial charge in [-0.05, 0) is 40.8 Å². The largest absolute Gasteiger partial charge is 0.398 e. The van der Waals surface area contributed by atoms with Gasteiger partial charge in [-0.1, -0.05) is 0 Å². The molecule has 1 nitrogen and oxygen atoms in total. The molecule has 0 aliphatic heterocycles. The summed E-state index contributed by atoms with van der Waals surface area (Å²) in [5.41, 5.74) is 6.26. The molecule has 0 aliphatic carbocycles. The number of fused-ring (bicyclic) bond motifs is 1. The van der Waals surface area contributed by atoms with Crippen LogP contribution >= 0.6 is 33.9 Å². The number of nitrogen functional groups attached to an aromatic ring is 1. The van der Waals surface area contributed by atoms with E-state index < -0.39 is 6.43 Å². The van der Waals surface area contributed by atoms with E-state index in [1.54, 1.807) is 6.07 Å². The second-order valence-corrected chi connectivity index (χ2v) is 5.07. The average molecular weight is 325 g/mol. The topological polar surface area (TPSA) is 26.0 Å². The lowest BCUT2D eigenvalue weighted by atomic mass is 10.2. The Morgan fingerprint density at radius 3 is 2.64 bits per heavy atom. The molecule has 14 heavy (non-hydrogen) atoms. The fourth-order valence-corrected chi connectivity index (χ4v) is 2.99. The number of benzene rings is 1. The predicted molar refractivity (Wildman–Crippen MR) is 63.9 cm³/mol. The molecule has 0 spiro atoms. The first-order valence-corrected chi connectivity index (χ1v) is 5.74. The summed E-state index contributed by atoms with van der Waals surface area (Å²) in [5.74, 6) is 0. The summed E-state index contributed by atoms with van der Waals surface area (Å²) in [6, 6.07) is 5.05. The number of halogens is 3. The van der Waals surface area contributed by atoms with Crippen LogP contribution in [0.4, 0.5) is 14.5 Å². The van der Waals surface area contributed by atoms with Crippen molar-refractivity contribution in [2.24, 2.45) is 0 Å². The van der Waals surface area contributed by atoms with Crippen molar-refractivity contribution >= 4 is 49.7 Å². The molecular formula is C9H6F2INS. The fourth-order valence-electron chi connectivity index (χ4n) is 1.24. The van der Waals surface area contributed by atoms with Crippen LogP contribution in [-0.2, 0) is 0 Å². The quantitative estimate of drug-likeness (QED) is 0.622. The summed E-state index contributed by atoms with van der Waals surface area (Å²) in [7, 11) is 0. The van der Waals surface area contributed by atoms with E-state index in [1.807, 2.05) is 6.07 Å². The normalized spacial score (nSPS) is 11.4.